The van der Waals surface area contributed by atoms with Gasteiger partial charge in [0, 0.05) is 24.4 Å². The zero-order valence-corrected chi connectivity index (χ0v) is 15.3. The van der Waals surface area contributed by atoms with Crippen LogP contribution in [-0.2, 0) is 24.2 Å². The predicted octanol–water partition coefficient (Wildman–Crippen LogP) is 3.39. The van der Waals surface area contributed by atoms with Gasteiger partial charge in [0.15, 0.2) is 0 Å². The molecule has 4 nitrogen and oxygen atoms in total. The molecule has 0 fully saturated rings. The Hall–Kier alpha value is -2.14. The molecule has 0 bridgehead atoms. The molecular formula is C20H24N2O2S. The van der Waals surface area contributed by atoms with Crippen LogP contribution in [-0.4, -0.2) is 23.3 Å². The molecule has 1 aromatic heterocycles. The van der Waals surface area contributed by atoms with Crippen molar-refractivity contribution in [1.82, 2.24) is 4.90 Å². The number of aryl methyl sites for hydroxylation is 1. The Labute approximate surface area is 152 Å². The van der Waals surface area contributed by atoms with E-state index < -0.39 is 0 Å². The monoisotopic (exact) mass is 356 g/mol. The van der Waals surface area contributed by atoms with Crippen LogP contribution < -0.4 is 5.73 Å². The van der Waals surface area contributed by atoms with E-state index in [2.05, 4.69) is 13.0 Å². The number of hydrogen-bond acceptors (Lipinski definition) is 3. The standard InChI is InChI=1S/C20H24N2O2S/c1-14-7-8-17-16(11-14)12-18(25-17)20(24)22(10-9-19(21)23)13-15-5-3-2-4-6-15/h2-6,12,14H,7-11,13H2,1H3,(H2,21,23). The second-order valence-electron chi connectivity index (χ2n) is 6.84. The number of rotatable bonds is 6. The van der Waals surface area contributed by atoms with Gasteiger partial charge < -0.3 is 10.6 Å². The highest BCUT2D eigenvalue weighted by Gasteiger charge is 2.24. The van der Waals surface area contributed by atoms with Crippen molar-refractivity contribution < 1.29 is 9.59 Å². The molecule has 2 N–H and O–H groups in total. The molecule has 25 heavy (non-hydrogen) atoms. The lowest BCUT2D eigenvalue weighted by molar-refractivity contribution is -0.118. The fourth-order valence-electron chi connectivity index (χ4n) is 3.27. The van der Waals surface area contributed by atoms with Gasteiger partial charge in [-0.1, -0.05) is 37.3 Å². The predicted molar refractivity (Wildman–Crippen MR) is 101 cm³/mol. The van der Waals surface area contributed by atoms with Crippen molar-refractivity contribution in [2.75, 3.05) is 6.54 Å². The van der Waals surface area contributed by atoms with Gasteiger partial charge in [-0.15, -0.1) is 11.3 Å². The SMILES string of the molecule is CC1CCc2sc(C(=O)N(CCC(N)=O)Cc3ccccc3)cc2C1. The van der Waals surface area contributed by atoms with E-state index in [4.69, 9.17) is 5.73 Å². The molecule has 1 aromatic carbocycles. The Bertz CT molecular complexity index is 754. The van der Waals surface area contributed by atoms with Crippen molar-refractivity contribution in [3.63, 3.8) is 0 Å². The summed E-state index contributed by atoms with van der Waals surface area (Å²) in [6.07, 6.45) is 3.49. The molecule has 0 saturated heterocycles. The van der Waals surface area contributed by atoms with E-state index in [0.29, 0.717) is 19.0 Å². The number of amides is 2. The average molecular weight is 356 g/mol. The molecule has 1 atom stereocenters. The summed E-state index contributed by atoms with van der Waals surface area (Å²) in [5.74, 6) is 0.294. The van der Waals surface area contributed by atoms with Crippen LogP contribution in [0.15, 0.2) is 36.4 Å². The molecule has 0 aliphatic heterocycles. The van der Waals surface area contributed by atoms with Crippen molar-refractivity contribution in [1.29, 1.82) is 0 Å². The Morgan fingerprint density at radius 3 is 2.76 bits per heavy atom. The van der Waals surface area contributed by atoms with Crippen LogP contribution in [0.25, 0.3) is 0 Å². The summed E-state index contributed by atoms with van der Waals surface area (Å²) in [5.41, 5.74) is 7.67. The molecule has 0 radical (unpaired) electrons. The van der Waals surface area contributed by atoms with E-state index >= 15 is 0 Å². The van der Waals surface area contributed by atoms with E-state index in [0.717, 1.165) is 23.3 Å². The third-order valence-corrected chi connectivity index (χ3v) is 5.90. The first-order valence-electron chi connectivity index (χ1n) is 8.76. The Balaban J connectivity index is 1.79. The lowest BCUT2D eigenvalue weighted by atomic mass is 9.90. The summed E-state index contributed by atoms with van der Waals surface area (Å²) in [6, 6.07) is 11.9. The summed E-state index contributed by atoms with van der Waals surface area (Å²) >= 11 is 1.61. The number of carbonyl (C=O) groups excluding carboxylic acids is 2. The van der Waals surface area contributed by atoms with Crippen molar-refractivity contribution in [3.05, 3.63) is 57.3 Å². The van der Waals surface area contributed by atoms with Gasteiger partial charge >= 0.3 is 0 Å². The van der Waals surface area contributed by atoms with E-state index in [9.17, 15) is 9.59 Å². The Morgan fingerprint density at radius 1 is 1.28 bits per heavy atom. The number of carbonyl (C=O) groups is 2. The van der Waals surface area contributed by atoms with Gasteiger partial charge in [0.25, 0.3) is 5.91 Å². The maximum atomic E-state index is 13.0. The number of benzene rings is 1. The number of primary amides is 1. The molecule has 132 valence electrons. The molecule has 1 aliphatic carbocycles. The largest absolute Gasteiger partial charge is 0.370 e. The van der Waals surface area contributed by atoms with Gasteiger partial charge in [0.1, 0.15) is 0 Å². The highest BCUT2D eigenvalue weighted by atomic mass is 32.1. The maximum Gasteiger partial charge on any atom is 0.264 e. The third-order valence-electron chi connectivity index (χ3n) is 4.67. The smallest absolute Gasteiger partial charge is 0.264 e. The quantitative estimate of drug-likeness (QED) is 0.862. The minimum atomic E-state index is -0.384. The molecule has 1 unspecified atom stereocenters. The molecular weight excluding hydrogens is 332 g/mol. The van der Waals surface area contributed by atoms with Gasteiger partial charge in [0.05, 0.1) is 4.88 Å². The van der Waals surface area contributed by atoms with Crippen molar-refractivity contribution in [2.24, 2.45) is 11.7 Å². The lowest BCUT2D eigenvalue weighted by Crippen LogP contribution is -2.33. The van der Waals surface area contributed by atoms with E-state index in [-0.39, 0.29) is 18.2 Å². The fraction of sp³-hybridized carbons (Fsp3) is 0.400. The van der Waals surface area contributed by atoms with E-state index in [1.807, 2.05) is 30.3 Å². The summed E-state index contributed by atoms with van der Waals surface area (Å²) in [6.45, 7) is 3.10. The van der Waals surface area contributed by atoms with E-state index in [1.165, 1.54) is 16.9 Å². The maximum absolute atomic E-state index is 13.0. The minimum absolute atomic E-state index is 0.00263. The highest BCUT2D eigenvalue weighted by Crippen LogP contribution is 2.33. The first-order valence-corrected chi connectivity index (χ1v) is 9.57. The van der Waals surface area contributed by atoms with Crippen LogP contribution in [0.1, 0.15) is 45.4 Å². The van der Waals surface area contributed by atoms with Crippen molar-refractivity contribution in [3.8, 4) is 0 Å². The second-order valence-corrected chi connectivity index (χ2v) is 7.97. The number of hydrogen-bond donors (Lipinski definition) is 1. The third kappa shape index (κ3) is 4.48. The van der Waals surface area contributed by atoms with Crippen molar-refractivity contribution >= 4 is 23.2 Å². The molecule has 1 heterocycles. The van der Waals surface area contributed by atoms with Gasteiger partial charge in [-0.05, 0) is 42.4 Å². The molecule has 5 heteroatoms. The molecule has 0 saturated carbocycles. The Morgan fingerprint density at radius 2 is 2.04 bits per heavy atom. The molecule has 0 spiro atoms. The van der Waals surface area contributed by atoms with Crippen LogP contribution in [0.3, 0.4) is 0 Å². The molecule has 2 aromatic rings. The fourth-order valence-corrected chi connectivity index (χ4v) is 4.44. The second kappa shape index (κ2) is 7.83. The summed E-state index contributed by atoms with van der Waals surface area (Å²) in [7, 11) is 0. The Kier molecular flexibility index (Phi) is 5.53. The highest BCUT2D eigenvalue weighted by molar-refractivity contribution is 7.14. The zero-order chi connectivity index (χ0) is 17.8. The number of fused-ring (bicyclic) bond motifs is 1. The summed E-state index contributed by atoms with van der Waals surface area (Å²) < 4.78 is 0. The van der Waals surface area contributed by atoms with Gasteiger partial charge in [-0.25, -0.2) is 0 Å². The zero-order valence-electron chi connectivity index (χ0n) is 14.5. The van der Waals surface area contributed by atoms with Crippen molar-refractivity contribution in [2.45, 2.75) is 39.2 Å². The minimum Gasteiger partial charge on any atom is -0.370 e. The normalized spacial score (nSPS) is 16.3. The first kappa shape index (κ1) is 17.7. The topological polar surface area (TPSA) is 63.4 Å². The molecule has 1 aliphatic rings. The van der Waals surface area contributed by atoms with Gasteiger partial charge in [-0.3, -0.25) is 9.59 Å². The van der Waals surface area contributed by atoms with Gasteiger partial charge in [-0.2, -0.15) is 0 Å². The van der Waals surface area contributed by atoms with Crippen LogP contribution in [0.4, 0.5) is 0 Å². The number of thiophene rings is 1. The van der Waals surface area contributed by atoms with Gasteiger partial charge in [0.2, 0.25) is 5.91 Å². The summed E-state index contributed by atoms with van der Waals surface area (Å²) in [5, 5.41) is 0. The van der Waals surface area contributed by atoms with E-state index in [1.54, 1.807) is 16.2 Å². The lowest BCUT2D eigenvalue weighted by Gasteiger charge is -2.21. The average Bonchev–Trinajstić information content (AvgIpc) is 3.01. The molecule has 3 rings (SSSR count). The van der Waals surface area contributed by atoms with Crippen LogP contribution in [0, 0.1) is 5.92 Å². The summed E-state index contributed by atoms with van der Waals surface area (Å²) in [4.78, 5) is 28.1. The number of nitrogens with two attached hydrogens (primary N) is 1. The molecule has 2 amide bonds. The first-order chi connectivity index (χ1) is 12.0. The van der Waals surface area contributed by atoms with Crippen LogP contribution >= 0.6 is 11.3 Å². The van der Waals surface area contributed by atoms with Crippen LogP contribution in [0.5, 0.6) is 0 Å². The van der Waals surface area contributed by atoms with Crippen LogP contribution in [0.2, 0.25) is 0 Å². The number of nitrogens with zero attached hydrogens (tertiary/aromatic N) is 1.